The van der Waals surface area contributed by atoms with Crippen molar-refractivity contribution < 1.29 is 9.53 Å². The monoisotopic (exact) mass is 646 g/mol. The van der Waals surface area contributed by atoms with Gasteiger partial charge in [-0.2, -0.15) is 0 Å². The van der Waals surface area contributed by atoms with Crippen molar-refractivity contribution in [2.75, 3.05) is 30.5 Å². The molecule has 0 N–H and O–H groups in total. The molecule has 0 aliphatic carbocycles. The number of benzene rings is 2. The van der Waals surface area contributed by atoms with Gasteiger partial charge in [0, 0.05) is 19.8 Å². The summed E-state index contributed by atoms with van der Waals surface area (Å²) >= 11 is 11.2. The van der Waals surface area contributed by atoms with Crippen molar-refractivity contribution >= 4 is 96.8 Å². The Labute approximate surface area is 207 Å². The fraction of sp³-hybridized carbons (Fsp3) is 0.143. The zero-order chi connectivity index (χ0) is 21.1. The maximum atomic E-state index is 13.0. The maximum Gasteiger partial charge on any atom is 0.270 e. The van der Waals surface area contributed by atoms with Crippen molar-refractivity contribution in [1.82, 2.24) is 0 Å². The number of hydrogen-bond donors (Lipinski definition) is 0. The van der Waals surface area contributed by atoms with E-state index >= 15 is 0 Å². The number of rotatable bonds is 5. The Bertz CT molecular complexity index is 1020. The Morgan fingerprint density at radius 1 is 1.24 bits per heavy atom. The molecule has 1 aliphatic rings. The van der Waals surface area contributed by atoms with Gasteiger partial charge in [0.1, 0.15) is 12.4 Å². The van der Waals surface area contributed by atoms with E-state index < -0.39 is 0 Å². The molecule has 1 saturated heterocycles. The molecule has 1 amide bonds. The fourth-order valence-electron chi connectivity index (χ4n) is 2.66. The number of ether oxygens (including phenoxy) is 1. The smallest absolute Gasteiger partial charge is 0.270 e. The van der Waals surface area contributed by atoms with Crippen molar-refractivity contribution in [3.63, 3.8) is 0 Å². The van der Waals surface area contributed by atoms with Crippen molar-refractivity contribution in [2.24, 2.45) is 0 Å². The van der Waals surface area contributed by atoms with Crippen LogP contribution in [-0.4, -0.2) is 30.9 Å². The highest BCUT2D eigenvalue weighted by Crippen LogP contribution is 2.37. The van der Waals surface area contributed by atoms with Crippen LogP contribution < -0.4 is 14.5 Å². The van der Waals surface area contributed by atoms with Gasteiger partial charge in [-0.25, -0.2) is 0 Å². The molecule has 29 heavy (non-hydrogen) atoms. The van der Waals surface area contributed by atoms with Crippen LogP contribution in [0.5, 0.6) is 5.75 Å². The Morgan fingerprint density at radius 2 is 1.86 bits per heavy atom. The molecule has 0 radical (unpaired) electrons. The molecule has 2 aromatic rings. The Balaban J connectivity index is 1.87. The number of anilines is 2. The van der Waals surface area contributed by atoms with Gasteiger partial charge in [-0.3, -0.25) is 9.69 Å². The van der Waals surface area contributed by atoms with Crippen LogP contribution in [-0.2, 0) is 4.79 Å². The average molecular weight is 646 g/mol. The lowest BCUT2D eigenvalue weighted by Gasteiger charge is -2.17. The zero-order valence-corrected chi connectivity index (χ0v) is 21.6. The molecule has 0 aromatic heterocycles. The van der Waals surface area contributed by atoms with Gasteiger partial charge in [-0.05, 0) is 93.2 Å². The lowest BCUT2D eigenvalue weighted by Crippen LogP contribution is -2.27. The first kappa shape index (κ1) is 22.4. The first-order valence-corrected chi connectivity index (χ1v) is 11.8. The average Bonchev–Trinajstić information content (AvgIpc) is 2.94. The number of carbonyl (C=O) groups is 1. The molecular formula is C21H16I2N2O2S2. The van der Waals surface area contributed by atoms with Crippen LogP contribution in [0, 0.1) is 19.5 Å². The van der Waals surface area contributed by atoms with Crippen LogP contribution in [0.1, 0.15) is 5.56 Å². The van der Waals surface area contributed by atoms with E-state index in [4.69, 9.17) is 23.4 Å². The normalized spacial score (nSPS) is 15.0. The minimum atomic E-state index is -0.115. The largest absolute Gasteiger partial charge is 0.479 e. The van der Waals surface area contributed by atoms with Crippen molar-refractivity contribution in [3.05, 3.63) is 54.0 Å². The Morgan fingerprint density at radius 3 is 2.41 bits per heavy atom. The van der Waals surface area contributed by atoms with Crippen molar-refractivity contribution in [2.45, 2.75) is 0 Å². The third-order valence-electron chi connectivity index (χ3n) is 4.04. The lowest BCUT2D eigenvalue weighted by atomic mass is 10.2. The first-order chi connectivity index (χ1) is 13.8. The quantitative estimate of drug-likeness (QED) is 0.189. The van der Waals surface area contributed by atoms with Crippen LogP contribution in [0.25, 0.3) is 6.08 Å². The number of nitrogens with zero attached hydrogens (tertiary/aromatic N) is 2. The van der Waals surface area contributed by atoms with Gasteiger partial charge in [0.05, 0.1) is 17.7 Å². The summed E-state index contributed by atoms with van der Waals surface area (Å²) in [4.78, 5) is 17.2. The molecule has 0 atom stereocenters. The van der Waals surface area contributed by atoms with E-state index in [1.54, 1.807) is 4.90 Å². The van der Waals surface area contributed by atoms with Gasteiger partial charge in [-0.15, -0.1) is 6.42 Å². The van der Waals surface area contributed by atoms with Gasteiger partial charge in [0.25, 0.3) is 5.91 Å². The molecule has 0 unspecified atom stereocenters. The summed E-state index contributed by atoms with van der Waals surface area (Å²) in [7, 11) is 3.95. The number of thiocarbonyl (C=S) groups is 1. The maximum absolute atomic E-state index is 13.0. The topological polar surface area (TPSA) is 32.8 Å². The van der Waals surface area contributed by atoms with Crippen molar-refractivity contribution in [1.29, 1.82) is 0 Å². The van der Waals surface area contributed by atoms with E-state index in [0.717, 1.165) is 29.8 Å². The molecular weight excluding hydrogens is 630 g/mol. The second-order valence-corrected chi connectivity index (χ2v) is 10.2. The first-order valence-electron chi connectivity index (χ1n) is 8.42. The summed E-state index contributed by atoms with van der Waals surface area (Å²) in [5.74, 6) is 3.12. The van der Waals surface area contributed by atoms with Crippen LogP contribution >= 0.6 is 69.2 Å². The Hall–Kier alpha value is -1.29. The minimum Gasteiger partial charge on any atom is -0.479 e. The number of terminal acetylenes is 1. The van der Waals surface area contributed by atoms with Gasteiger partial charge in [0.15, 0.2) is 4.32 Å². The van der Waals surface area contributed by atoms with E-state index in [1.165, 1.54) is 11.8 Å². The summed E-state index contributed by atoms with van der Waals surface area (Å²) in [6.07, 6.45) is 7.14. The third-order valence-corrected chi connectivity index (χ3v) is 6.94. The molecule has 1 aliphatic heterocycles. The van der Waals surface area contributed by atoms with E-state index in [-0.39, 0.29) is 12.5 Å². The second-order valence-electron chi connectivity index (χ2n) is 6.23. The molecule has 148 valence electrons. The highest BCUT2D eigenvalue weighted by molar-refractivity contribution is 14.1. The van der Waals surface area contributed by atoms with Gasteiger partial charge in [-0.1, -0.05) is 29.9 Å². The molecule has 3 rings (SSSR count). The van der Waals surface area contributed by atoms with Crippen LogP contribution in [0.3, 0.4) is 0 Å². The number of amides is 1. The summed E-state index contributed by atoms with van der Waals surface area (Å²) in [5.41, 5.74) is 2.74. The molecule has 1 fully saturated rings. The number of carbonyl (C=O) groups excluding carboxylic acids is 1. The summed E-state index contributed by atoms with van der Waals surface area (Å²) in [6.45, 7) is 0.219. The van der Waals surface area contributed by atoms with Crippen LogP contribution in [0.4, 0.5) is 11.4 Å². The highest BCUT2D eigenvalue weighted by Gasteiger charge is 2.33. The van der Waals surface area contributed by atoms with E-state index in [2.05, 4.69) is 51.1 Å². The molecule has 0 bridgehead atoms. The lowest BCUT2D eigenvalue weighted by molar-refractivity contribution is -0.113. The second kappa shape index (κ2) is 9.68. The molecule has 1 heterocycles. The summed E-state index contributed by atoms with van der Waals surface area (Å²) in [5, 5.41) is 0. The standard InChI is InChI=1S/C21H16I2N2O2S2/c1-4-9-27-19-16(22)10-13(11-17(19)23)12-18-20(26)25(21(28)29-18)15-7-5-14(6-8-15)24(2)3/h1,5-8,10-12H,9H2,2-3H3/b18-12-. The van der Waals surface area contributed by atoms with Crippen LogP contribution in [0.2, 0.25) is 0 Å². The van der Waals surface area contributed by atoms with Crippen molar-refractivity contribution in [3.8, 4) is 18.1 Å². The zero-order valence-electron chi connectivity index (χ0n) is 15.6. The fourth-order valence-corrected chi connectivity index (χ4v) is 6.08. The van der Waals surface area contributed by atoms with E-state index in [1.807, 2.05) is 61.5 Å². The van der Waals surface area contributed by atoms with E-state index in [9.17, 15) is 4.79 Å². The molecule has 0 spiro atoms. The number of hydrogen-bond acceptors (Lipinski definition) is 5. The van der Waals surface area contributed by atoms with E-state index in [0.29, 0.717) is 9.23 Å². The van der Waals surface area contributed by atoms with Gasteiger partial charge < -0.3 is 9.64 Å². The predicted molar refractivity (Wildman–Crippen MR) is 143 cm³/mol. The molecule has 0 saturated carbocycles. The highest BCUT2D eigenvalue weighted by atomic mass is 127. The van der Waals surface area contributed by atoms with Crippen LogP contribution in [0.15, 0.2) is 41.3 Å². The van der Waals surface area contributed by atoms with Gasteiger partial charge >= 0.3 is 0 Å². The molecule has 4 nitrogen and oxygen atoms in total. The minimum absolute atomic E-state index is 0.115. The predicted octanol–water partition coefficient (Wildman–Crippen LogP) is 5.38. The summed E-state index contributed by atoms with van der Waals surface area (Å²) in [6, 6.07) is 11.7. The van der Waals surface area contributed by atoms with Gasteiger partial charge in [0.2, 0.25) is 0 Å². The number of thioether (sulfide) groups is 1. The number of halogens is 2. The molecule has 2 aromatic carbocycles. The summed E-state index contributed by atoms with van der Waals surface area (Å²) < 4.78 is 8.00. The third kappa shape index (κ3) is 5.07. The molecule has 8 heteroatoms. The SMILES string of the molecule is C#CCOc1c(I)cc(/C=C2\SC(=S)N(c3ccc(N(C)C)cc3)C2=O)cc1I. The Kier molecular flexibility index (Phi) is 7.47.